The van der Waals surface area contributed by atoms with Gasteiger partial charge in [-0.2, -0.15) is 0 Å². The Morgan fingerprint density at radius 1 is 1.69 bits per heavy atom. The van der Waals surface area contributed by atoms with Crippen LogP contribution in [0.5, 0.6) is 0 Å². The molecule has 1 aromatic heterocycles. The van der Waals surface area contributed by atoms with Gasteiger partial charge in [-0.15, -0.1) is 5.10 Å². The first kappa shape index (κ1) is 11.1. The van der Waals surface area contributed by atoms with Gasteiger partial charge in [0.05, 0.1) is 11.7 Å². The number of primary amides is 1. The molecule has 1 aliphatic rings. The normalized spacial score (nSPS) is 17.4. The van der Waals surface area contributed by atoms with Gasteiger partial charge < -0.3 is 10.8 Å². The summed E-state index contributed by atoms with van der Waals surface area (Å²) in [5.41, 5.74) is 6.39. The predicted molar refractivity (Wildman–Crippen MR) is 56.9 cm³/mol. The minimum Gasteiger partial charge on any atom is -0.396 e. The molecule has 6 heteroatoms. The van der Waals surface area contributed by atoms with Crippen LogP contribution in [0.4, 0.5) is 0 Å². The van der Waals surface area contributed by atoms with Crippen LogP contribution >= 0.6 is 0 Å². The first-order valence-corrected chi connectivity index (χ1v) is 5.51. The van der Waals surface area contributed by atoms with Gasteiger partial charge in [0.1, 0.15) is 0 Å². The molecule has 1 heterocycles. The van der Waals surface area contributed by atoms with Crippen LogP contribution in [0.25, 0.3) is 0 Å². The lowest BCUT2D eigenvalue weighted by atomic mass is 10.2. The minimum absolute atomic E-state index is 0.0428. The van der Waals surface area contributed by atoms with Gasteiger partial charge in [-0.25, -0.2) is 4.68 Å². The molecule has 1 aromatic rings. The maximum Gasteiger partial charge on any atom is 0.271 e. The Morgan fingerprint density at radius 3 is 2.88 bits per heavy atom. The van der Waals surface area contributed by atoms with Gasteiger partial charge in [0, 0.05) is 12.5 Å². The summed E-state index contributed by atoms with van der Waals surface area (Å²) >= 11 is 0. The van der Waals surface area contributed by atoms with Gasteiger partial charge in [0.25, 0.3) is 5.91 Å². The maximum absolute atomic E-state index is 11.2. The molecule has 1 amide bonds. The zero-order valence-electron chi connectivity index (χ0n) is 9.26. The van der Waals surface area contributed by atoms with E-state index in [1.54, 1.807) is 4.68 Å². The van der Waals surface area contributed by atoms with Crippen LogP contribution in [0.3, 0.4) is 0 Å². The third kappa shape index (κ3) is 1.92. The lowest BCUT2D eigenvalue weighted by Gasteiger charge is -2.13. The Kier molecular flexibility index (Phi) is 2.91. The summed E-state index contributed by atoms with van der Waals surface area (Å²) in [5, 5.41) is 16.7. The van der Waals surface area contributed by atoms with Crippen molar-refractivity contribution in [1.29, 1.82) is 0 Å². The number of aliphatic hydroxyl groups excluding tert-OH is 1. The van der Waals surface area contributed by atoms with E-state index in [0.717, 1.165) is 18.5 Å². The van der Waals surface area contributed by atoms with Gasteiger partial charge in [0.2, 0.25) is 0 Å². The average molecular weight is 224 g/mol. The van der Waals surface area contributed by atoms with E-state index in [1.807, 2.05) is 6.92 Å². The molecule has 6 nitrogen and oxygen atoms in total. The monoisotopic (exact) mass is 224 g/mol. The highest BCUT2D eigenvalue weighted by atomic mass is 16.3. The first-order chi connectivity index (χ1) is 7.65. The average Bonchev–Trinajstić information content (AvgIpc) is 2.96. The zero-order chi connectivity index (χ0) is 11.7. The number of carbonyl (C=O) groups is 1. The van der Waals surface area contributed by atoms with Gasteiger partial charge in [-0.05, 0) is 26.2 Å². The highest BCUT2D eigenvalue weighted by molar-refractivity contribution is 5.92. The zero-order valence-corrected chi connectivity index (χ0v) is 9.26. The fourth-order valence-electron chi connectivity index (χ4n) is 1.85. The molecule has 1 saturated carbocycles. The van der Waals surface area contributed by atoms with Crippen LogP contribution in [0.15, 0.2) is 0 Å². The Hall–Kier alpha value is -1.43. The van der Waals surface area contributed by atoms with Crippen molar-refractivity contribution in [3.63, 3.8) is 0 Å². The van der Waals surface area contributed by atoms with Crippen molar-refractivity contribution in [2.75, 3.05) is 6.61 Å². The number of aromatic nitrogens is 3. The molecule has 1 unspecified atom stereocenters. The molecule has 1 fully saturated rings. The molecule has 0 bridgehead atoms. The SMILES string of the molecule is CC(CCO)n1nnc(C(N)=O)c1C1CC1. The molecule has 1 aliphatic carbocycles. The Bertz CT molecular complexity index is 398. The number of nitrogens with zero attached hydrogens (tertiary/aromatic N) is 3. The molecule has 0 aromatic carbocycles. The van der Waals surface area contributed by atoms with Crippen molar-refractivity contribution in [1.82, 2.24) is 15.0 Å². The first-order valence-electron chi connectivity index (χ1n) is 5.51. The van der Waals surface area contributed by atoms with Crippen molar-refractivity contribution in [2.45, 2.75) is 38.1 Å². The second kappa shape index (κ2) is 4.21. The number of carbonyl (C=O) groups excluding carboxylic acids is 1. The van der Waals surface area contributed by atoms with Crippen molar-refractivity contribution in [3.05, 3.63) is 11.4 Å². The number of rotatable bonds is 5. The van der Waals surface area contributed by atoms with Gasteiger partial charge in [-0.1, -0.05) is 5.21 Å². The number of hydrogen-bond donors (Lipinski definition) is 2. The number of aliphatic hydroxyl groups is 1. The summed E-state index contributed by atoms with van der Waals surface area (Å²) in [4.78, 5) is 11.2. The lowest BCUT2D eigenvalue weighted by Crippen LogP contribution is -2.16. The fourth-order valence-corrected chi connectivity index (χ4v) is 1.85. The van der Waals surface area contributed by atoms with Gasteiger partial charge in [0.15, 0.2) is 5.69 Å². The molecule has 1 atom stereocenters. The standard InChI is InChI=1S/C10H16N4O2/c1-6(4-5-15)14-9(7-2-3-7)8(10(11)16)12-13-14/h6-7,15H,2-5H2,1H3,(H2,11,16). The molecule has 0 radical (unpaired) electrons. The largest absolute Gasteiger partial charge is 0.396 e. The van der Waals surface area contributed by atoms with E-state index in [2.05, 4.69) is 10.3 Å². The summed E-state index contributed by atoms with van der Waals surface area (Å²) in [5.74, 6) is -0.164. The molecule has 0 aliphatic heterocycles. The van der Waals surface area contributed by atoms with E-state index in [1.165, 1.54) is 0 Å². The smallest absolute Gasteiger partial charge is 0.271 e. The summed E-state index contributed by atoms with van der Waals surface area (Å²) in [6.07, 6.45) is 2.71. The van der Waals surface area contributed by atoms with E-state index < -0.39 is 5.91 Å². The predicted octanol–water partition coefficient (Wildman–Crippen LogP) is 0.198. The molecule has 0 saturated heterocycles. The summed E-state index contributed by atoms with van der Waals surface area (Å²) in [6, 6.07) is 0.0428. The topological polar surface area (TPSA) is 94.0 Å². The summed E-state index contributed by atoms with van der Waals surface area (Å²) in [7, 11) is 0. The van der Waals surface area contributed by atoms with Crippen molar-refractivity contribution in [3.8, 4) is 0 Å². The fraction of sp³-hybridized carbons (Fsp3) is 0.700. The maximum atomic E-state index is 11.2. The van der Waals surface area contributed by atoms with Crippen molar-refractivity contribution >= 4 is 5.91 Å². The van der Waals surface area contributed by atoms with Gasteiger partial charge >= 0.3 is 0 Å². The highest BCUT2D eigenvalue weighted by Crippen LogP contribution is 2.42. The molecule has 2 rings (SSSR count). The summed E-state index contributed by atoms with van der Waals surface area (Å²) < 4.78 is 1.73. The van der Waals surface area contributed by atoms with E-state index in [-0.39, 0.29) is 18.3 Å². The van der Waals surface area contributed by atoms with Crippen LogP contribution in [-0.2, 0) is 0 Å². The van der Waals surface area contributed by atoms with E-state index >= 15 is 0 Å². The lowest BCUT2D eigenvalue weighted by molar-refractivity contribution is 0.0994. The van der Waals surface area contributed by atoms with E-state index in [9.17, 15) is 4.79 Å². The third-order valence-corrected chi connectivity index (χ3v) is 2.89. The number of hydrogen-bond acceptors (Lipinski definition) is 4. The Balaban J connectivity index is 2.33. The van der Waals surface area contributed by atoms with Crippen LogP contribution in [0.1, 0.15) is 54.3 Å². The Labute approximate surface area is 93.4 Å². The van der Waals surface area contributed by atoms with Crippen LogP contribution in [0, 0.1) is 0 Å². The molecular formula is C10H16N4O2. The molecular weight excluding hydrogens is 208 g/mol. The summed E-state index contributed by atoms with van der Waals surface area (Å²) in [6.45, 7) is 2.04. The molecule has 3 N–H and O–H groups in total. The van der Waals surface area contributed by atoms with Crippen LogP contribution in [0.2, 0.25) is 0 Å². The van der Waals surface area contributed by atoms with Crippen molar-refractivity contribution in [2.24, 2.45) is 5.73 Å². The number of amides is 1. The Morgan fingerprint density at radius 2 is 2.38 bits per heavy atom. The van der Waals surface area contributed by atoms with Crippen molar-refractivity contribution < 1.29 is 9.90 Å². The third-order valence-electron chi connectivity index (χ3n) is 2.89. The molecule has 16 heavy (non-hydrogen) atoms. The number of nitrogens with two attached hydrogens (primary N) is 1. The quantitative estimate of drug-likeness (QED) is 0.746. The van der Waals surface area contributed by atoms with Gasteiger partial charge in [-0.3, -0.25) is 4.79 Å². The molecule has 0 spiro atoms. The second-order valence-corrected chi connectivity index (χ2v) is 4.27. The minimum atomic E-state index is -0.524. The highest BCUT2D eigenvalue weighted by Gasteiger charge is 2.34. The molecule has 88 valence electrons. The van der Waals surface area contributed by atoms with E-state index in [0.29, 0.717) is 12.3 Å². The van der Waals surface area contributed by atoms with Crippen LogP contribution < -0.4 is 5.73 Å². The van der Waals surface area contributed by atoms with E-state index in [4.69, 9.17) is 10.8 Å². The van der Waals surface area contributed by atoms with Crippen LogP contribution in [-0.4, -0.2) is 32.6 Å². The second-order valence-electron chi connectivity index (χ2n) is 4.27.